The Morgan fingerprint density at radius 3 is 2.52 bits per heavy atom. The molecule has 0 aromatic heterocycles. The average molecular weight is 312 g/mol. The molecule has 6 nitrogen and oxygen atoms in total. The Morgan fingerprint density at radius 2 is 1.95 bits per heavy atom. The molecule has 1 aliphatic rings. The van der Waals surface area contributed by atoms with Gasteiger partial charge in [-0.05, 0) is 18.4 Å². The second kappa shape index (κ2) is 6.43. The molecule has 0 spiro atoms. The third kappa shape index (κ3) is 4.42. The van der Waals surface area contributed by atoms with Gasteiger partial charge in [-0.25, -0.2) is 8.42 Å². The summed E-state index contributed by atoms with van der Waals surface area (Å²) in [5.74, 6) is 0.389. The van der Waals surface area contributed by atoms with Crippen molar-refractivity contribution in [3.8, 4) is 0 Å². The molecule has 0 amide bonds. The van der Waals surface area contributed by atoms with Crippen LogP contribution in [-0.2, 0) is 16.4 Å². The SMILES string of the molecule is CS(=O)(=O)Nc1cccc([N+](=O)[O-])c1CC1CCCCC1. The zero-order valence-electron chi connectivity index (χ0n) is 12.0. The maximum atomic E-state index is 11.4. The van der Waals surface area contributed by atoms with Crippen LogP contribution in [0.15, 0.2) is 18.2 Å². The second-order valence-corrected chi connectivity index (χ2v) is 7.39. The number of nitro benzene ring substituents is 1. The fourth-order valence-corrected chi connectivity index (χ4v) is 3.53. The molecule has 7 heteroatoms. The number of anilines is 1. The van der Waals surface area contributed by atoms with E-state index in [1.807, 2.05) is 0 Å². The summed E-state index contributed by atoms with van der Waals surface area (Å²) >= 11 is 0. The molecular weight excluding hydrogens is 292 g/mol. The molecule has 1 aromatic rings. The highest BCUT2D eigenvalue weighted by Gasteiger charge is 2.23. The summed E-state index contributed by atoms with van der Waals surface area (Å²) < 4.78 is 25.3. The van der Waals surface area contributed by atoms with Crippen LogP contribution in [0, 0.1) is 16.0 Å². The fraction of sp³-hybridized carbons (Fsp3) is 0.571. The highest BCUT2D eigenvalue weighted by Crippen LogP contribution is 2.34. The summed E-state index contributed by atoms with van der Waals surface area (Å²) in [7, 11) is -3.46. The van der Waals surface area contributed by atoms with Gasteiger partial charge in [0.05, 0.1) is 22.4 Å². The van der Waals surface area contributed by atoms with Crippen molar-refractivity contribution in [2.75, 3.05) is 11.0 Å². The van der Waals surface area contributed by atoms with Crippen LogP contribution in [0.5, 0.6) is 0 Å². The van der Waals surface area contributed by atoms with E-state index in [-0.39, 0.29) is 5.69 Å². The van der Waals surface area contributed by atoms with Gasteiger partial charge in [0.1, 0.15) is 0 Å². The highest BCUT2D eigenvalue weighted by molar-refractivity contribution is 7.92. The van der Waals surface area contributed by atoms with Crippen LogP contribution in [0.2, 0.25) is 0 Å². The molecule has 0 atom stereocenters. The Bertz CT molecular complexity index is 622. The number of nitrogens with one attached hydrogen (secondary N) is 1. The first-order chi connectivity index (χ1) is 9.87. The summed E-state index contributed by atoms with van der Waals surface area (Å²) in [6.45, 7) is 0. The quantitative estimate of drug-likeness (QED) is 0.668. The third-order valence-electron chi connectivity index (χ3n) is 3.86. The van der Waals surface area contributed by atoms with Crippen LogP contribution in [0.1, 0.15) is 37.7 Å². The summed E-state index contributed by atoms with van der Waals surface area (Å²) in [6, 6.07) is 4.54. The summed E-state index contributed by atoms with van der Waals surface area (Å²) in [6.07, 6.45) is 7.18. The van der Waals surface area contributed by atoms with Gasteiger partial charge in [-0.2, -0.15) is 0 Å². The standard InChI is InChI=1S/C14H20N2O4S/c1-21(19,20)15-13-8-5-9-14(16(17)18)12(13)10-11-6-3-2-4-7-11/h5,8-9,11,15H,2-4,6-7,10H2,1H3. The van der Waals surface area contributed by atoms with E-state index in [1.54, 1.807) is 6.07 Å². The highest BCUT2D eigenvalue weighted by atomic mass is 32.2. The minimum atomic E-state index is -3.46. The van der Waals surface area contributed by atoms with Crippen LogP contribution in [0.4, 0.5) is 11.4 Å². The van der Waals surface area contributed by atoms with Gasteiger partial charge in [0.2, 0.25) is 10.0 Å². The van der Waals surface area contributed by atoms with E-state index in [0.29, 0.717) is 23.6 Å². The van der Waals surface area contributed by atoms with Crippen molar-refractivity contribution in [3.63, 3.8) is 0 Å². The van der Waals surface area contributed by atoms with Crippen LogP contribution in [-0.4, -0.2) is 19.6 Å². The van der Waals surface area contributed by atoms with E-state index in [2.05, 4.69) is 4.72 Å². The molecule has 0 radical (unpaired) electrons. The minimum absolute atomic E-state index is 0.00535. The molecule has 2 rings (SSSR count). The maximum absolute atomic E-state index is 11.4. The van der Waals surface area contributed by atoms with E-state index in [1.165, 1.54) is 18.6 Å². The Hall–Kier alpha value is -1.63. The van der Waals surface area contributed by atoms with Gasteiger partial charge in [0, 0.05) is 6.07 Å². The molecule has 116 valence electrons. The van der Waals surface area contributed by atoms with Crippen molar-refractivity contribution in [1.82, 2.24) is 0 Å². The number of hydrogen-bond donors (Lipinski definition) is 1. The monoisotopic (exact) mass is 312 g/mol. The summed E-state index contributed by atoms with van der Waals surface area (Å²) in [5.41, 5.74) is 0.825. The van der Waals surface area contributed by atoms with Crippen LogP contribution in [0.3, 0.4) is 0 Å². The van der Waals surface area contributed by atoms with Crippen molar-refractivity contribution in [1.29, 1.82) is 0 Å². The molecule has 1 saturated carbocycles. The van der Waals surface area contributed by atoms with Gasteiger partial charge in [-0.15, -0.1) is 0 Å². The largest absolute Gasteiger partial charge is 0.283 e. The van der Waals surface area contributed by atoms with E-state index in [4.69, 9.17) is 0 Å². The Kier molecular flexibility index (Phi) is 4.82. The van der Waals surface area contributed by atoms with Crippen molar-refractivity contribution in [2.24, 2.45) is 5.92 Å². The first kappa shape index (κ1) is 15.8. The molecule has 21 heavy (non-hydrogen) atoms. The lowest BCUT2D eigenvalue weighted by molar-refractivity contribution is -0.385. The van der Waals surface area contributed by atoms with Gasteiger partial charge in [-0.3, -0.25) is 14.8 Å². The molecule has 1 aromatic carbocycles. The van der Waals surface area contributed by atoms with Crippen molar-refractivity contribution in [3.05, 3.63) is 33.9 Å². The molecule has 0 aliphatic heterocycles. The van der Waals surface area contributed by atoms with Crippen molar-refractivity contribution < 1.29 is 13.3 Å². The van der Waals surface area contributed by atoms with Gasteiger partial charge >= 0.3 is 0 Å². The maximum Gasteiger partial charge on any atom is 0.274 e. The van der Waals surface area contributed by atoms with E-state index in [0.717, 1.165) is 31.9 Å². The summed E-state index contributed by atoms with van der Waals surface area (Å²) in [5, 5.41) is 11.2. The summed E-state index contributed by atoms with van der Waals surface area (Å²) in [4.78, 5) is 10.8. The lowest BCUT2D eigenvalue weighted by atomic mass is 9.84. The van der Waals surface area contributed by atoms with E-state index < -0.39 is 14.9 Å². The number of nitrogens with zero attached hydrogens (tertiary/aromatic N) is 1. The van der Waals surface area contributed by atoms with Crippen LogP contribution in [0.25, 0.3) is 0 Å². The van der Waals surface area contributed by atoms with E-state index >= 15 is 0 Å². The second-order valence-electron chi connectivity index (χ2n) is 5.64. The normalized spacial score (nSPS) is 16.6. The first-order valence-electron chi connectivity index (χ1n) is 7.11. The lowest BCUT2D eigenvalue weighted by Gasteiger charge is -2.22. The van der Waals surface area contributed by atoms with Gasteiger partial charge in [0.15, 0.2) is 0 Å². The smallest absolute Gasteiger partial charge is 0.274 e. The number of rotatable bonds is 5. The third-order valence-corrected chi connectivity index (χ3v) is 4.45. The van der Waals surface area contributed by atoms with Crippen molar-refractivity contribution >= 4 is 21.4 Å². The number of nitro groups is 1. The zero-order chi connectivity index (χ0) is 15.5. The van der Waals surface area contributed by atoms with Crippen LogP contribution >= 0.6 is 0 Å². The average Bonchev–Trinajstić information content (AvgIpc) is 2.40. The minimum Gasteiger partial charge on any atom is -0.283 e. The topological polar surface area (TPSA) is 89.3 Å². The number of benzene rings is 1. The fourth-order valence-electron chi connectivity index (χ4n) is 2.94. The zero-order valence-corrected chi connectivity index (χ0v) is 12.9. The first-order valence-corrected chi connectivity index (χ1v) is 9.00. The predicted octanol–water partition coefficient (Wildman–Crippen LogP) is 3.09. The van der Waals surface area contributed by atoms with E-state index in [9.17, 15) is 18.5 Å². The molecule has 0 unspecified atom stereocenters. The number of sulfonamides is 1. The molecule has 0 saturated heterocycles. The molecule has 1 N–H and O–H groups in total. The lowest BCUT2D eigenvalue weighted by Crippen LogP contribution is -2.15. The predicted molar refractivity (Wildman–Crippen MR) is 81.8 cm³/mol. The van der Waals surface area contributed by atoms with Gasteiger partial charge < -0.3 is 0 Å². The molecule has 1 fully saturated rings. The van der Waals surface area contributed by atoms with Gasteiger partial charge in [0.25, 0.3) is 5.69 Å². The number of hydrogen-bond acceptors (Lipinski definition) is 4. The molecular formula is C14H20N2O4S. The Morgan fingerprint density at radius 1 is 1.29 bits per heavy atom. The Balaban J connectivity index is 2.35. The molecule has 1 aliphatic carbocycles. The molecule has 0 heterocycles. The molecule has 0 bridgehead atoms. The Labute approximate surface area is 124 Å². The van der Waals surface area contributed by atoms with Crippen molar-refractivity contribution in [2.45, 2.75) is 38.5 Å². The van der Waals surface area contributed by atoms with Crippen LogP contribution < -0.4 is 4.72 Å². The van der Waals surface area contributed by atoms with Gasteiger partial charge in [-0.1, -0.05) is 38.2 Å².